The van der Waals surface area contributed by atoms with E-state index in [1.807, 2.05) is 6.92 Å². The standard InChI is InChI=1S/C19H15ClN2O6/c1-11-8-13(3-5-15(11)20)27-10-14-4-7-18(28-14)19(24)21-16-9-12(22(25)26)2-6-17(16)23/h2-9,23H,10H2,1H3,(H,21,24). The van der Waals surface area contributed by atoms with Crippen LogP contribution in [-0.4, -0.2) is 15.9 Å². The molecule has 2 N–H and O–H groups in total. The second kappa shape index (κ2) is 8.01. The highest BCUT2D eigenvalue weighted by atomic mass is 35.5. The first-order valence-electron chi connectivity index (χ1n) is 8.10. The van der Waals surface area contributed by atoms with Gasteiger partial charge in [-0.05, 0) is 48.9 Å². The summed E-state index contributed by atoms with van der Waals surface area (Å²) in [7, 11) is 0. The molecule has 8 nitrogen and oxygen atoms in total. The normalized spacial score (nSPS) is 10.5. The number of nitrogens with one attached hydrogen (secondary N) is 1. The summed E-state index contributed by atoms with van der Waals surface area (Å²) >= 11 is 5.97. The Labute approximate surface area is 164 Å². The third-order valence-corrected chi connectivity index (χ3v) is 4.26. The first-order chi connectivity index (χ1) is 13.3. The molecule has 144 valence electrons. The lowest BCUT2D eigenvalue weighted by molar-refractivity contribution is -0.384. The Bertz CT molecular complexity index is 1050. The van der Waals surface area contributed by atoms with Crippen LogP contribution in [-0.2, 0) is 6.61 Å². The number of nitro benzene ring substituents is 1. The number of nitro groups is 1. The molecule has 28 heavy (non-hydrogen) atoms. The molecule has 3 rings (SSSR count). The van der Waals surface area contributed by atoms with Gasteiger partial charge in [-0.2, -0.15) is 0 Å². The van der Waals surface area contributed by atoms with Crippen LogP contribution in [0.2, 0.25) is 5.02 Å². The number of carbonyl (C=O) groups excluding carboxylic acids is 1. The predicted molar refractivity (Wildman–Crippen MR) is 102 cm³/mol. The summed E-state index contributed by atoms with van der Waals surface area (Å²) in [6, 6.07) is 11.6. The average molecular weight is 403 g/mol. The number of halogens is 1. The molecule has 0 aliphatic heterocycles. The second-order valence-corrected chi connectivity index (χ2v) is 6.29. The SMILES string of the molecule is Cc1cc(OCc2ccc(C(=O)Nc3cc([N+](=O)[O-])ccc3O)o2)ccc1Cl. The summed E-state index contributed by atoms with van der Waals surface area (Å²) in [6.07, 6.45) is 0. The van der Waals surface area contributed by atoms with Crippen LogP contribution in [0.1, 0.15) is 21.9 Å². The zero-order valence-corrected chi connectivity index (χ0v) is 15.4. The van der Waals surface area contributed by atoms with Gasteiger partial charge in [0.2, 0.25) is 0 Å². The van der Waals surface area contributed by atoms with E-state index in [9.17, 15) is 20.0 Å². The summed E-state index contributed by atoms with van der Waals surface area (Å²) in [4.78, 5) is 22.5. The molecule has 0 atom stereocenters. The lowest BCUT2D eigenvalue weighted by Crippen LogP contribution is -2.11. The first kappa shape index (κ1) is 19.2. The van der Waals surface area contributed by atoms with E-state index < -0.39 is 10.8 Å². The summed E-state index contributed by atoms with van der Waals surface area (Å²) in [5.41, 5.74) is 0.514. The zero-order valence-electron chi connectivity index (χ0n) is 14.6. The number of rotatable bonds is 6. The van der Waals surface area contributed by atoms with Crippen molar-refractivity contribution in [2.24, 2.45) is 0 Å². The zero-order chi connectivity index (χ0) is 20.3. The Morgan fingerprint density at radius 2 is 2.04 bits per heavy atom. The number of phenols is 1. The number of nitrogens with zero attached hydrogens (tertiary/aromatic N) is 1. The molecule has 9 heteroatoms. The van der Waals surface area contributed by atoms with Crippen molar-refractivity contribution in [3.8, 4) is 11.5 Å². The molecule has 0 aliphatic carbocycles. The minimum absolute atomic E-state index is 0.0307. The van der Waals surface area contributed by atoms with Gasteiger partial charge in [0.25, 0.3) is 11.6 Å². The molecule has 0 saturated carbocycles. The van der Waals surface area contributed by atoms with Crippen LogP contribution in [0.15, 0.2) is 52.9 Å². The molecular weight excluding hydrogens is 388 g/mol. The first-order valence-corrected chi connectivity index (χ1v) is 8.47. The molecule has 0 saturated heterocycles. The summed E-state index contributed by atoms with van der Waals surface area (Å²) in [6.45, 7) is 1.95. The van der Waals surface area contributed by atoms with Crippen LogP contribution in [0, 0.1) is 17.0 Å². The molecule has 0 aliphatic rings. The van der Waals surface area contributed by atoms with Gasteiger partial charge in [0.1, 0.15) is 23.9 Å². The van der Waals surface area contributed by atoms with Gasteiger partial charge in [0, 0.05) is 17.2 Å². The quantitative estimate of drug-likeness (QED) is 0.351. The van der Waals surface area contributed by atoms with Crippen LogP contribution in [0.3, 0.4) is 0 Å². The Morgan fingerprint density at radius 1 is 1.25 bits per heavy atom. The Hall–Kier alpha value is -3.52. The number of anilines is 1. The van der Waals surface area contributed by atoms with Gasteiger partial charge < -0.3 is 19.6 Å². The van der Waals surface area contributed by atoms with Crippen molar-refractivity contribution in [2.45, 2.75) is 13.5 Å². The number of aromatic hydroxyl groups is 1. The van der Waals surface area contributed by atoms with E-state index in [1.165, 1.54) is 6.07 Å². The van der Waals surface area contributed by atoms with Gasteiger partial charge in [0.05, 0.1) is 10.6 Å². The molecule has 0 bridgehead atoms. The van der Waals surface area contributed by atoms with Crippen molar-refractivity contribution in [2.75, 3.05) is 5.32 Å². The maximum Gasteiger partial charge on any atom is 0.291 e. The molecule has 1 heterocycles. The van der Waals surface area contributed by atoms with E-state index in [0.717, 1.165) is 23.8 Å². The van der Waals surface area contributed by atoms with Gasteiger partial charge in [-0.15, -0.1) is 0 Å². The van der Waals surface area contributed by atoms with E-state index in [1.54, 1.807) is 24.3 Å². The highest BCUT2D eigenvalue weighted by Crippen LogP contribution is 2.28. The number of benzene rings is 2. The van der Waals surface area contributed by atoms with Crippen molar-refractivity contribution < 1.29 is 24.0 Å². The Kier molecular flexibility index (Phi) is 5.51. The van der Waals surface area contributed by atoms with E-state index >= 15 is 0 Å². The van der Waals surface area contributed by atoms with Crippen LogP contribution in [0.5, 0.6) is 11.5 Å². The van der Waals surface area contributed by atoms with Crippen molar-refractivity contribution in [1.29, 1.82) is 0 Å². The van der Waals surface area contributed by atoms with Gasteiger partial charge >= 0.3 is 0 Å². The molecule has 0 unspecified atom stereocenters. The largest absolute Gasteiger partial charge is 0.506 e. The molecule has 1 amide bonds. The van der Waals surface area contributed by atoms with E-state index in [2.05, 4.69) is 5.32 Å². The highest BCUT2D eigenvalue weighted by molar-refractivity contribution is 6.31. The molecule has 1 aromatic heterocycles. The Morgan fingerprint density at radius 3 is 2.75 bits per heavy atom. The van der Waals surface area contributed by atoms with Crippen LogP contribution in [0.4, 0.5) is 11.4 Å². The third-order valence-electron chi connectivity index (χ3n) is 3.84. The number of hydrogen-bond donors (Lipinski definition) is 2. The number of phenolic OH excluding ortho intramolecular Hbond substituents is 1. The number of aryl methyl sites for hydroxylation is 1. The molecule has 3 aromatic rings. The summed E-state index contributed by atoms with van der Waals surface area (Å²) in [5, 5.41) is 23.6. The maximum atomic E-state index is 12.3. The van der Waals surface area contributed by atoms with Gasteiger partial charge in [0.15, 0.2) is 5.76 Å². The predicted octanol–water partition coefficient (Wildman–Crippen LogP) is 4.69. The van der Waals surface area contributed by atoms with Crippen molar-refractivity contribution in [1.82, 2.24) is 0 Å². The van der Waals surface area contributed by atoms with Crippen molar-refractivity contribution in [3.05, 3.63) is 80.8 Å². The molecule has 0 spiro atoms. The number of hydrogen-bond acceptors (Lipinski definition) is 6. The van der Waals surface area contributed by atoms with E-state index in [-0.39, 0.29) is 29.5 Å². The lowest BCUT2D eigenvalue weighted by Gasteiger charge is -2.07. The highest BCUT2D eigenvalue weighted by Gasteiger charge is 2.16. The minimum atomic E-state index is -0.663. The van der Waals surface area contributed by atoms with Crippen molar-refractivity contribution >= 4 is 28.9 Å². The van der Waals surface area contributed by atoms with E-state index in [4.69, 9.17) is 20.8 Å². The van der Waals surface area contributed by atoms with E-state index in [0.29, 0.717) is 16.5 Å². The fraction of sp³-hybridized carbons (Fsp3) is 0.105. The summed E-state index contributed by atoms with van der Waals surface area (Å²) < 4.78 is 11.0. The smallest absolute Gasteiger partial charge is 0.291 e. The minimum Gasteiger partial charge on any atom is -0.506 e. The lowest BCUT2D eigenvalue weighted by atomic mass is 10.2. The Balaban J connectivity index is 1.66. The number of carbonyl (C=O) groups is 1. The van der Waals surface area contributed by atoms with Gasteiger partial charge in [-0.25, -0.2) is 0 Å². The van der Waals surface area contributed by atoms with Crippen LogP contribution in [0.25, 0.3) is 0 Å². The molecular formula is C19H15ClN2O6. The van der Waals surface area contributed by atoms with Crippen molar-refractivity contribution in [3.63, 3.8) is 0 Å². The fourth-order valence-electron chi connectivity index (χ4n) is 2.36. The van der Waals surface area contributed by atoms with Gasteiger partial charge in [-0.1, -0.05) is 11.6 Å². The fourth-order valence-corrected chi connectivity index (χ4v) is 2.48. The van der Waals surface area contributed by atoms with Crippen LogP contribution < -0.4 is 10.1 Å². The average Bonchev–Trinajstić information content (AvgIpc) is 3.13. The molecule has 0 radical (unpaired) electrons. The monoisotopic (exact) mass is 402 g/mol. The number of furan rings is 1. The van der Waals surface area contributed by atoms with Crippen LogP contribution >= 0.6 is 11.6 Å². The topological polar surface area (TPSA) is 115 Å². The molecule has 0 fully saturated rings. The number of amides is 1. The second-order valence-electron chi connectivity index (χ2n) is 5.88. The van der Waals surface area contributed by atoms with Gasteiger partial charge in [-0.3, -0.25) is 14.9 Å². The summed E-state index contributed by atoms with van der Waals surface area (Å²) in [5.74, 6) is 0.0141. The third kappa shape index (κ3) is 4.41. The maximum absolute atomic E-state index is 12.3. The molecule has 2 aromatic carbocycles. The number of non-ortho nitro benzene ring substituents is 1. The number of ether oxygens (including phenoxy) is 1.